The number of primary amides is 1. The molecule has 4 N–H and O–H groups in total. The highest BCUT2D eigenvalue weighted by molar-refractivity contribution is 5.87. The number of carboxylic acid groups (broad SMARTS) is 1. The van der Waals surface area contributed by atoms with Gasteiger partial charge in [-0.25, -0.2) is 4.79 Å². The van der Waals surface area contributed by atoms with Crippen LogP contribution < -0.4 is 11.1 Å². The highest BCUT2D eigenvalue weighted by Gasteiger charge is 2.33. The lowest BCUT2D eigenvalue weighted by molar-refractivity contribution is -0.144. The summed E-state index contributed by atoms with van der Waals surface area (Å²) in [5.41, 5.74) is 4.95. The van der Waals surface area contributed by atoms with Crippen LogP contribution in [0.1, 0.15) is 26.2 Å². The van der Waals surface area contributed by atoms with Gasteiger partial charge in [0.1, 0.15) is 12.1 Å². The molecule has 0 aromatic carbocycles. The van der Waals surface area contributed by atoms with Crippen molar-refractivity contribution in [1.29, 1.82) is 0 Å². The van der Waals surface area contributed by atoms with E-state index in [2.05, 4.69) is 5.32 Å². The van der Waals surface area contributed by atoms with E-state index in [9.17, 15) is 14.4 Å². The van der Waals surface area contributed by atoms with E-state index in [0.29, 0.717) is 6.61 Å². The molecule has 0 saturated carbocycles. The Labute approximate surface area is 105 Å². The lowest BCUT2D eigenvalue weighted by Crippen LogP contribution is -2.47. The third-order valence-electron chi connectivity index (χ3n) is 2.94. The van der Waals surface area contributed by atoms with Gasteiger partial charge in [-0.15, -0.1) is 0 Å². The van der Waals surface area contributed by atoms with Crippen molar-refractivity contribution in [3.05, 3.63) is 0 Å². The second kappa shape index (κ2) is 6.34. The molecular weight excluding hydrogens is 240 g/mol. The average molecular weight is 258 g/mol. The molecule has 2 unspecified atom stereocenters. The smallest absolute Gasteiger partial charge is 0.326 e. The second-order valence-corrected chi connectivity index (χ2v) is 4.46. The first-order chi connectivity index (χ1) is 8.41. The lowest BCUT2D eigenvalue weighted by atomic mass is 10.0. The average Bonchev–Trinajstić information content (AvgIpc) is 2.69. The molecule has 0 aromatic rings. The molecule has 0 spiro atoms. The summed E-state index contributed by atoms with van der Waals surface area (Å²) < 4.78 is 5.24. The third kappa shape index (κ3) is 3.99. The predicted octanol–water partition coefficient (Wildman–Crippen LogP) is -0.754. The van der Waals surface area contributed by atoms with Gasteiger partial charge < -0.3 is 20.9 Å². The van der Waals surface area contributed by atoms with E-state index >= 15 is 0 Å². The van der Waals surface area contributed by atoms with Gasteiger partial charge in [-0.05, 0) is 18.8 Å². The van der Waals surface area contributed by atoms with Crippen molar-refractivity contribution in [3.8, 4) is 0 Å². The fourth-order valence-electron chi connectivity index (χ4n) is 1.83. The van der Waals surface area contributed by atoms with Crippen LogP contribution in [0, 0.1) is 5.92 Å². The topological polar surface area (TPSA) is 119 Å². The van der Waals surface area contributed by atoms with Gasteiger partial charge in [-0.1, -0.05) is 6.92 Å². The number of rotatable bonds is 6. The minimum absolute atomic E-state index is 0.0164. The van der Waals surface area contributed by atoms with Gasteiger partial charge in [-0.2, -0.15) is 0 Å². The van der Waals surface area contributed by atoms with Crippen LogP contribution >= 0.6 is 0 Å². The van der Waals surface area contributed by atoms with E-state index in [1.165, 1.54) is 0 Å². The first-order valence-corrected chi connectivity index (χ1v) is 5.85. The van der Waals surface area contributed by atoms with Crippen LogP contribution in [-0.2, 0) is 19.1 Å². The Kier molecular flexibility index (Phi) is 5.08. The van der Waals surface area contributed by atoms with Crippen LogP contribution in [0.25, 0.3) is 0 Å². The van der Waals surface area contributed by atoms with Crippen LogP contribution in [0.5, 0.6) is 0 Å². The molecule has 2 amide bonds. The molecule has 3 atom stereocenters. The Morgan fingerprint density at radius 2 is 2.17 bits per heavy atom. The summed E-state index contributed by atoms with van der Waals surface area (Å²) in [6.45, 7) is 2.37. The molecular formula is C11H18N2O5. The number of aliphatic carboxylic acids is 1. The molecule has 1 aliphatic rings. The van der Waals surface area contributed by atoms with Gasteiger partial charge in [0.25, 0.3) is 0 Å². The minimum Gasteiger partial charge on any atom is -0.480 e. The van der Waals surface area contributed by atoms with E-state index < -0.39 is 29.9 Å². The Hall–Kier alpha value is -1.63. The van der Waals surface area contributed by atoms with Crippen molar-refractivity contribution >= 4 is 17.8 Å². The molecule has 1 heterocycles. The highest BCUT2D eigenvalue weighted by atomic mass is 16.5. The van der Waals surface area contributed by atoms with Gasteiger partial charge >= 0.3 is 5.97 Å². The number of carboxylic acids is 1. The summed E-state index contributed by atoms with van der Waals surface area (Å²) >= 11 is 0. The van der Waals surface area contributed by atoms with Gasteiger partial charge in [-0.3, -0.25) is 9.59 Å². The van der Waals surface area contributed by atoms with Gasteiger partial charge in [0.2, 0.25) is 11.8 Å². The zero-order chi connectivity index (χ0) is 13.7. The second-order valence-electron chi connectivity index (χ2n) is 4.46. The van der Waals surface area contributed by atoms with Crippen molar-refractivity contribution in [2.45, 2.75) is 38.3 Å². The summed E-state index contributed by atoms with van der Waals surface area (Å²) in [6, 6.07) is -1.11. The van der Waals surface area contributed by atoms with E-state index in [0.717, 1.165) is 6.42 Å². The van der Waals surface area contributed by atoms with E-state index in [4.69, 9.17) is 15.6 Å². The summed E-state index contributed by atoms with van der Waals surface area (Å²) in [5, 5.41) is 11.3. The number of amides is 2. The molecule has 7 nitrogen and oxygen atoms in total. The van der Waals surface area contributed by atoms with Crippen molar-refractivity contribution < 1.29 is 24.2 Å². The Bertz CT molecular complexity index is 344. The number of nitrogens with one attached hydrogen (secondary N) is 1. The lowest BCUT2D eigenvalue weighted by Gasteiger charge is -2.18. The number of carbonyl (C=O) groups is 3. The molecule has 1 aliphatic heterocycles. The quantitative estimate of drug-likeness (QED) is 0.579. The SMILES string of the molecule is CC1CCOC1C(=O)N[C@H](CCC(N)=O)C(=O)O. The van der Waals surface area contributed by atoms with Crippen LogP contribution in [0.15, 0.2) is 0 Å². The molecule has 18 heavy (non-hydrogen) atoms. The van der Waals surface area contributed by atoms with Crippen molar-refractivity contribution in [2.24, 2.45) is 11.7 Å². The van der Waals surface area contributed by atoms with Crippen LogP contribution in [0.4, 0.5) is 0 Å². The summed E-state index contributed by atoms with van der Waals surface area (Å²) in [4.78, 5) is 33.3. The maximum Gasteiger partial charge on any atom is 0.326 e. The largest absolute Gasteiger partial charge is 0.480 e. The number of ether oxygens (including phenoxy) is 1. The van der Waals surface area contributed by atoms with Crippen molar-refractivity contribution in [3.63, 3.8) is 0 Å². The zero-order valence-corrected chi connectivity index (χ0v) is 10.2. The Morgan fingerprint density at radius 1 is 1.50 bits per heavy atom. The van der Waals surface area contributed by atoms with Crippen LogP contribution in [-0.4, -0.2) is 41.6 Å². The first kappa shape index (κ1) is 14.4. The van der Waals surface area contributed by atoms with Crippen LogP contribution in [0.3, 0.4) is 0 Å². The Balaban J connectivity index is 2.52. The van der Waals surface area contributed by atoms with Gasteiger partial charge in [0, 0.05) is 13.0 Å². The van der Waals surface area contributed by atoms with Crippen LogP contribution in [0.2, 0.25) is 0 Å². The maximum absolute atomic E-state index is 11.8. The number of nitrogens with two attached hydrogens (primary N) is 1. The summed E-state index contributed by atoms with van der Waals surface area (Å²) in [5.74, 6) is -2.16. The molecule has 0 bridgehead atoms. The number of hydrogen-bond acceptors (Lipinski definition) is 4. The molecule has 1 saturated heterocycles. The zero-order valence-electron chi connectivity index (χ0n) is 10.2. The standard InChI is InChI=1S/C11H18N2O5/c1-6-4-5-18-9(6)10(15)13-7(11(16)17)2-3-8(12)14/h6-7,9H,2-5H2,1H3,(H2,12,14)(H,13,15)(H,16,17)/t6?,7-,9?/m1/s1. The third-order valence-corrected chi connectivity index (χ3v) is 2.94. The fourth-order valence-corrected chi connectivity index (χ4v) is 1.83. The first-order valence-electron chi connectivity index (χ1n) is 5.85. The molecule has 1 rings (SSSR count). The van der Waals surface area contributed by atoms with Crippen molar-refractivity contribution in [2.75, 3.05) is 6.61 Å². The monoisotopic (exact) mass is 258 g/mol. The number of carbonyl (C=O) groups excluding carboxylic acids is 2. The molecule has 0 radical (unpaired) electrons. The molecule has 0 aliphatic carbocycles. The maximum atomic E-state index is 11.8. The van der Waals surface area contributed by atoms with E-state index in [1.54, 1.807) is 0 Å². The highest BCUT2D eigenvalue weighted by Crippen LogP contribution is 2.20. The van der Waals surface area contributed by atoms with E-state index in [-0.39, 0.29) is 18.8 Å². The molecule has 102 valence electrons. The number of hydrogen-bond donors (Lipinski definition) is 3. The Morgan fingerprint density at radius 3 is 2.61 bits per heavy atom. The normalized spacial score (nSPS) is 24.5. The molecule has 1 fully saturated rings. The van der Waals surface area contributed by atoms with Gasteiger partial charge in [0.15, 0.2) is 0 Å². The molecule has 7 heteroatoms. The fraction of sp³-hybridized carbons (Fsp3) is 0.727. The van der Waals surface area contributed by atoms with Crippen molar-refractivity contribution in [1.82, 2.24) is 5.32 Å². The predicted molar refractivity (Wildman–Crippen MR) is 61.5 cm³/mol. The minimum atomic E-state index is -1.18. The molecule has 0 aromatic heterocycles. The summed E-state index contributed by atoms with van der Waals surface area (Å²) in [6.07, 6.45) is 0.0628. The van der Waals surface area contributed by atoms with Gasteiger partial charge in [0.05, 0.1) is 0 Å². The van der Waals surface area contributed by atoms with E-state index in [1.807, 2.05) is 6.92 Å². The summed E-state index contributed by atoms with van der Waals surface area (Å²) in [7, 11) is 0.